The first kappa shape index (κ1) is 47.8. The monoisotopic (exact) mass is 942 g/mol. The Labute approximate surface area is 377 Å². The van der Waals surface area contributed by atoms with Gasteiger partial charge in [0.2, 0.25) is 0 Å². The van der Waals surface area contributed by atoms with Crippen molar-refractivity contribution >= 4 is 50.9 Å². The number of alkyl halides is 2. The summed E-state index contributed by atoms with van der Waals surface area (Å²) in [5, 5.41) is 21.5. The molecule has 16 atom stereocenters. The highest BCUT2D eigenvalue weighted by Gasteiger charge is 2.61. The van der Waals surface area contributed by atoms with Gasteiger partial charge in [-0.25, -0.2) is 25.6 Å². The maximum Gasteiger partial charge on any atom is 0.266 e. The Hall–Kier alpha value is -0.720. The average Bonchev–Trinajstić information content (AvgIpc) is 3.87. The van der Waals surface area contributed by atoms with Crippen LogP contribution < -0.4 is 0 Å². The number of ketones is 2. The predicted octanol–water partition coefficient (Wildman–Crippen LogP) is 9.17. The summed E-state index contributed by atoms with van der Waals surface area (Å²) < 4.78 is 72.7. The van der Waals surface area contributed by atoms with Crippen LogP contribution in [0.4, 0.5) is 8.78 Å². The van der Waals surface area contributed by atoms with Crippen molar-refractivity contribution < 1.29 is 45.4 Å². The highest BCUT2D eigenvalue weighted by Crippen LogP contribution is 2.66. The molecule has 6 unspecified atom stereocenters. The van der Waals surface area contributed by atoms with Gasteiger partial charge in [0, 0.05) is 30.3 Å². The van der Waals surface area contributed by atoms with Crippen molar-refractivity contribution in [3.8, 4) is 11.8 Å². The normalized spacial score (nSPS) is 46.0. The maximum atomic E-state index is 13.4. The van der Waals surface area contributed by atoms with Gasteiger partial charge in [0.1, 0.15) is 22.8 Å². The van der Waals surface area contributed by atoms with Crippen molar-refractivity contribution in [3.05, 3.63) is 0 Å². The first-order valence-electron chi connectivity index (χ1n) is 24.0. The summed E-state index contributed by atoms with van der Waals surface area (Å²) in [6.07, 6.45) is 18.4. The standard InChI is InChI=1S/C26H38O4S2.C22H34F2O4S2/c1-25-12-10-20-19-11-14-26(28,13-9-17-3-4-17)15-18(19)5-6-21(20)22(25)7-8-23(25)24(27)16-31-32(2,29)30;1-21-9-7-15-14-8-10-22(26,20(23)24)11-13(14)3-4-16(15)17(21)5-6-18(21)19(25)12-29-30(2,27)28/h17-23,28H,3-8,10-12,14-16H2,1-2H3;13-18,20,26H,3-12H2,1-2H3/t18-,19+,20?,21?,22?,23-,25+,26-;13-,14+,15?,16?,17?,18-,21+,22-/m11/s1. The van der Waals surface area contributed by atoms with E-state index < -0.39 is 35.4 Å². The average molecular weight is 943 g/mol. The van der Waals surface area contributed by atoms with Gasteiger partial charge in [0.05, 0.1) is 11.5 Å². The van der Waals surface area contributed by atoms with Crippen molar-refractivity contribution in [2.24, 2.45) is 87.8 Å². The summed E-state index contributed by atoms with van der Waals surface area (Å²) in [4.78, 5) is 25.9. The second kappa shape index (κ2) is 17.7. The van der Waals surface area contributed by atoms with Crippen LogP contribution in [-0.4, -0.2) is 80.3 Å². The molecule has 8 nitrogen and oxygen atoms in total. The minimum Gasteiger partial charge on any atom is -0.384 e. The fourth-order valence-corrected chi connectivity index (χ4v) is 19.2. The molecule has 9 aliphatic rings. The van der Waals surface area contributed by atoms with Gasteiger partial charge in [-0.2, -0.15) is 0 Å². The summed E-state index contributed by atoms with van der Waals surface area (Å²) in [7, 11) is -4.86. The third-order valence-electron chi connectivity index (χ3n) is 19.2. The molecule has 9 fully saturated rings. The molecule has 0 aliphatic heterocycles. The molecule has 0 spiro atoms. The van der Waals surface area contributed by atoms with Gasteiger partial charge in [-0.05, 0) is 220 Å². The van der Waals surface area contributed by atoms with E-state index in [1.165, 1.54) is 38.4 Å². The van der Waals surface area contributed by atoms with E-state index >= 15 is 0 Å². The lowest BCUT2D eigenvalue weighted by Gasteiger charge is -2.57. The number of hydrogen-bond donors (Lipinski definition) is 2. The number of fused-ring (bicyclic) bond motifs is 10. The highest BCUT2D eigenvalue weighted by molar-refractivity contribution is 8.72. The molecule has 0 amide bonds. The van der Waals surface area contributed by atoms with Crippen molar-refractivity contribution in [1.29, 1.82) is 0 Å². The minimum atomic E-state index is -3.22. The molecular formula is C48H72F2O8S4. The van der Waals surface area contributed by atoms with Crippen molar-refractivity contribution in [1.82, 2.24) is 0 Å². The molecule has 62 heavy (non-hydrogen) atoms. The Kier molecular flexibility index (Phi) is 13.7. The number of rotatable bonds is 9. The molecule has 0 heterocycles. The SMILES string of the molecule is C[C@]12CCC3C(CC[C@@H]4C[C@@](O)(C#CC5CC5)CC[C@H]34)C1CC[C@@H]2C(=O)CSS(C)(=O)=O.C[C@]12CCC3C(CC[C@@H]4C[C@@](O)(C(F)F)CC[C@H]34)C1CC[C@@H]2C(=O)CSS(C)(=O)=O. The van der Waals surface area contributed by atoms with Crippen LogP contribution in [0.1, 0.15) is 142 Å². The van der Waals surface area contributed by atoms with Crippen LogP contribution >= 0.6 is 21.6 Å². The first-order chi connectivity index (χ1) is 29.0. The van der Waals surface area contributed by atoms with E-state index in [2.05, 4.69) is 25.7 Å². The molecule has 14 heteroatoms. The first-order valence-corrected chi connectivity index (χ1v) is 30.8. The second-order valence-electron chi connectivity index (χ2n) is 22.6. The minimum absolute atomic E-state index is 0.0227. The fourth-order valence-electron chi connectivity index (χ4n) is 16.2. The number of aliphatic hydroxyl groups is 2. The number of carbonyl (C=O) groups is 2. The van der Waals surface area contributed by atoms with Gasteiger partial charge in [0.25, 0.3) is 6.43 Å². The van der Waals surface area contributed by atoms with Crippen LogP contribution in [0.25, 0.3) is 0 Å². The lowest BCUT2D eigenvalue weighted by molar-refractivity contribution is -0.160. The molecule has 350 valence electrons. The van der Waals surface area contributed by atoms with Crippen LogP contribution in [0.5, 0.6) is 0 Å². The summed E-state index contributed by atoms with van der Waals surface area (Å²) in [5.41, 5.74) is -2.60. The zero-order valence-corrected chi connectivity index (χ0v) is 40.6. The van der Waals surface area contributed by atoms with E-state index in [4.69, 9.17) is 0 Å². The predicted molar refractivity (Wildman–Crippen MR) is 242 cm³/mol. The molecular weight excluding hydrogens is 871 g/mol. The van der Waals surface area contributed by atoms with Crippen molar-refractivity contribution in [3.63, 3.8) is 0 Å². The van der Waals surface area contributed by atoms with Gasteiger partial charge in [-0.3, -0.25) is 9.59 Å². The summed E-state index contributed by atoms with van der Waals surface area (Å²) in [5.74, 6) is 12.9. The van der Waals surface area contributed by atoms with E-state index in [1.807, 2.05) is 0 Å². The lowest BCUT2D eigenvalue weighted by atomic mass is 9.49. The molecule has 0 saturated heterocycles. The molecule has 2 N–H and O–H groups in total. The van der Waals surface area contributed by atoms with Crippen LogP contribution in [0, 0.1) is 99.6 Å². The summed E-state index contributed by atoms with van der Waals surface area (Å²) >= 11 is 0. The maximum absolute atomic E-state index is 13.4. The largest absolute Gasteiger partial charge is 0.384 e. The van der Waals surface area contributed by atoms with E-state index in [9.17, 15) is 45.4 Å². The molecule has 0 radical (unpaired) electrons. The number of hydrogen-bond acceptors (Lipinski definition) is 10. The topological polar surface area (TPSA) is 143 Å². The van der Waals surface area contributed by atoms with E-state index in [1.54, 1.807) is 0 Å². The van der Waals surface area contributed by atoms with Crippen LogP contribution in [-0.2, 0) is 27.3 Å². The summed E-state index contributed by atoms with van der Waals surface area (Å²) in [6, 6.07) is 0. The van der Waals surface area contributed by atoms with E-state index in [0.29, 0.717) is 59.7 Å². The zero-order valence-electron chi connectivity index (χ0n) is 37.4. The molecule has 9 aliphatic carbocycles. The Morgan fingerprint density at radius 1 is 0.597 bits per heavy atom. The number of halogens is 2. The van der Waals surface area contributed by atoms with Gasteiger partial charge < -0.3 is 10.2 Å². The van der Waals surface area contributed by atoms with E-state index in [-0.39, 0.29) is 64.5 Å². The summed E-state index contributed by atoms with van der Waals surface area (Å²) in [6.45, 7) is 4.56. The Bertz CT molecular complexity index is 2000. The highest BCUT2D eigenvalue weighted by atomic mass is 33.1. The van der Waals surface area contributed by atoms with E-state index in [0.717, 1.165) is 111 Å². The van der Waals surface area contributed by atoms with Gasteiger partial charge in [-0.15, -0.1) is 0 Å². The molecule has 0 aromatic rings. The lowest BCUT2D eigenvalue weighted by Crippen LogP contribution is -2.53. The molecule has 0 aromatic heterocycles. The Morgan fingerprint density at radius 2 is 1.05 bits per heavy atom. The Balaban J connectivity index is 0.000000171. The fraction of sp³-hybridized carbons (Fsp3) is 0.917. The third-order valence-corrected chi connectivity index (χ3v) is 24.1. The smallest absolute Gasteiger partial charge is 0.266 e. The number of Topliss-reactive ketones (excluding diaryl/α,β-unsaturated/α-hetero) is 2. The van der Waals surface area contributed by atoms with Gasteiger partial charge in [-0.1, -0.05) is 25.7 Å². The quantitative estimate of drug-likeness (QED) is 0.170. The van der Waals surface area contributed by atoms with Crippen molar-refractivity contribution in [2.45, 2.75) is 160 Å². The Morgan fingerprint density at radius 3 is 1.50 bits per heavy atom. The zero-order chi connectivity index (χ0) is 44.6. The van der Waals surface area contributed by atoms with Gasteiger partial charge >= 0.3 is 0 Å². The second-order valence-corrected chi connectivity index (χ2v) is 31.5. The molecule has 9 saturated carbocycles. The molecule has 0 aromatic carbocycles. The van der Waals surface area contributed by atoms with Crippen molar-refractivity contribution in [2.75, 3.05) is 24.0 Å². The van der Waals surface area contributed by atoms with Crippen LogP contribution in [0.3, 0.4) is 0 Å². The van der Waals surface area contributed by atoms with Crippen LogP contribution in [0.15, 0.2) is 0 Å². The van der Waals surface area contributed by atoms with Crippen LogP contribution in [0.2, 0.25) is 0 Å². The number of carbonyl (C=O) groups excluding carboxylic acids is 2. The molecule has 9 rings (SSSR count). The van der Waals surface area contributed by atoms with Gasteiger partial charge in [0.15, 0.2) is 17.7 Å². The molecule has 0 bridgehead atoms. The third kappa shape index (κ3) is 9.67.